The lowest BCUT2D eigenvalue weighted by atomic mass is 10.0. The average Bonchev–Trinajstić information content (AvgIpc) is 3.11. The summed E-state index contributed by atoms with van der Waals surface area (Å²) >= 11 is 0. The molecule has 2 aliphatic rings. The van der Waals surface area contributed by atoms with Crippen molar-refractivity contribution in [3.05, 3.63) is 0 Å². The lowest BCUT2D eigenvalue weighted by Gasteiger charge is -2.37. The molecule has 0 aromatic rings. The molecule has 2 heterocycles. The predicted molar refractivity (Wildman–Crippen MR) is 90.8 cm³/mol. The van der Waals surface area contributed by atoms with E-state index in [-0.39, 0.29) is 17.6 Å². The third kappa shape index (κ3) is 6.14. The molecule has 0 saturated carbocycles. The molecule has 2 atom stereocenters. The van der Waals surface area contributed by atoms with E-state index in [2.05, 4.69) is 5.32 Å². The standard InChI is InChI=1S/C9H18N2O2.C7H14F2N2/c1-9(2,3)11(8(12)13)7-4-5-10-6-7;8-3-7(4-9)11-2-1-6(10)5-11/h7,10H,4-6H2,1-3H3,(H,12,13);6-7H,1-5,10H2/t7-;6-/m11/s1. The lowest BCUT2D eigenvalue weighted by molar-refractivity contribution is 0.0758. The minimum absolute atomic E-state index is 0.107. The van der Waals surface area contributed by atoms with Gasteiger partial charge in [0.25, 0.3) is 0 Å². The van der Waals surface area contributed by atoms with Gasteiger partial charge in [-0.25, -0.2) is 13.6 Å². The maximum atomic E-state index is 12.1. The molecule has 0 bridgehead atoms. The van der Waals surface area contributed by atoms with Crippen LogP contribution in [-0.4, -0.2) is 84.2 Å². The van der Waals surface area contributed by atoms with Crippen LogP contribution < -0.4 is 11.1 Å². The number of nitrogens with two attached hydrogens (primary N) is 1. The highest BCUT2D eigenvalue weighted by atomic mass is 19.1. The first-order valence-electron chi connectivity index (χ1n) is 8.55. The summed E-state index contributed by atoms with van der Waals surface area (Å²) in [6, 6.07) is -0.309. The summed E-state index contributed by atoms with van der Waals surface area (Å²) in [6.45, 7) is 7.65. The molecule has 0 spiro atoms. The minimum atomic E-state index is -0.818. The van der Waals surface area contributed by atoms with E-state index >= 15 is 0 Å². The minimum Gasteiger partial charge on any atom is -0.465 e. The summed E-state index contributed by atoms with van der Waals surface area (Å²) in [5.74, 6) is 0. The van der Waals surface area contributed by atoms with Crippen LogP contribution in [0.4, 0.5) is 13.6 Å². The SMILES string of the molecule is CC(C)(C)N(C(=O)O)[C@@H]1CCNC1.N[C@@H]1CCN(C(CF)CF)C1. The number of amides is 1. The van der Waals surface area contributed by atoms with Gasteiger partial charge in [-0.3, -0.25) is 9.80 Å². The molecule has 2 aliphatic heterocycles. The van der Waals surface area contributed by atoms with Crippen LogP contribution in [0, 0.1) is 0 Å². The number of alkyl halides is 2. The second-order valence-corrected chi connectivity index (χ2v) is 7.48. The molecule has 8 heteroatoms. The van der Waals surface area contributed by atoms with Crippen LogP contribution in [0.25, 0.3) is 0 Å². The monoisotopic (exact) mass is 350 g/mol. The number of likely N-dealkylation sites (tertiary alicyclic amines) is 1. The zero-order valence-corrected chi connectivity index (χ0v) is 15.0. The quantitative estimate of drug-likeness (QED) is 0.715. The van der Waals surface area contributed by atoms with Crippen LogP contribution in [0.2, 0.25) is 0 Å². The first-order valence-corrected chi connectivity index (χ1v) is 8.55. The predicted octanol–water partition coefficient (Wildman–Crippen LogP) is 1.45. The van der Waals surface area contributed by atoms with Gasteiger partial charge in [-0.2, -0.15) is 0 Å². The van der Waals surface area contributed by atoms with Crippen LogP contribution in [0.15, 0.2) is 0 Å². The molecular formula is C16H32F2N4O2. The highest BCUT2D eigenvalue weighted by molar-refractivity contribution is 5.66. The van der Waals surface area contributed by atoms with Gasteiger partial charge in [0.1, 0.15) is 13.3 Å². The first kappa shape index (κ1) is 21.1. The molecule has 0 radical (unpaired) electrons. The molecule has 2 fully saturated rings. The molecule has 2 rings (SSSR count). The summed E-state index contributed by atoms with van der Waals surface area (Å²) in [4.78, 5) is 14.4. The number of halogens is 2. The van der Waals surface area contributed by atoms with Gasteiger partial charge < -0.3 is 16.2 Å². The van der Waals surface area contributed by atoms with Crippen LogP contribution in [0.5, 0.6) is 0 Å². The maximum absolute atomic E-state index is 12.1. The van der Waals surface area contributed by atoms with E-state index in [4.69, 9.17) is 10.8 Å². The van der Waals surface area contributed by atoms with E-state index in [1.165, 1.54) is 0 Å². The van der Waals surface area contributed by atoms with Crippen molar-refractivity contribution >= 4 is 6.09 Å². The van der Waals surface area contributed by atoms with E-state index in [1.54, 1.807) is 9.80 Å². The number of nitrogens with zero attached hydrogens (tertiary/aromatic N) is 2. The molecule has 6 nitrogen and oxygen atoms in total. The van der Waals surface area contributed by atoms with Gasteiger partial charge in [0.05, 0.1) is 6.04 Å². The van der Waals surface area contributed by atoms with E-state index < -0.39 is 25.5 Å². The fourth-order valence-electron chi connectivity index (χ4n) is 3.23. The Hall–Kier alpha value is -0.990. The molecule has 0 aromatic carbocycles. The molecular weight excluding hydrogens is 318 g/mol. The van der Waals surface area contributed by atoms with Gasteiger partial charge in [-0.15, -0.1) is 0 Å². The second-order valence-electron chi connectivity index (χ2n) is 7.48. The third-order valence-electron chi connectivity index (χ3n) is 4.46. The Morgan fingerprint density at radius 3 is 2.33 bits per heavy atom. The largest absolute Gasteiger partial charge is 0.465 e. The van der Waals surface area contributed by atoms with Gasteiger partial charge >= 0.3 is 6.09 Å². The third-order valence-corrected chi connectivity index (χ3v) is 4.46. The molecule has 0 unspecified atom stereocenters. The summed E-state index contributed by atoms with van der Waals surface area (Å²) in [5.41, 5.74) is 5.28. The number of carbonyl (C=O) groups is 1. The normalized spacial score (nSPS) is 24.8. The van der Waals surface area contributed by atoms with Crippen molar-refractivity contribution in [3.63, 3.8) is 0 Å². The molecule has 4 N–H and O–H groups in total. The van der Waals surface area contributed by atoms with E-state index in [0.717, 1.165) is 32.5 Å². The van der Waals surface area contributed by atoms with Crippen molar-refractivity contribution in [2.75, 3.05) is 39.5 Å². The number of hydrogen-bond donors (Lipinski definition) is 3. The summed E-state index contributed by atoms with van der Waals surface area (Å²) < 4.78 is 24.2. The topological polar surface area (TPSA) is 81.8 Å². The maximum Gasteiger partial charge on any atom is 0.408 e. The number of hydrogen-bond acceptors (Lipinski definition) is 4. The summed E-state index contributed by atoms with van der Waals surface area (Å²) in [5, 5.41) is 12.2. The number of rotatable bonds is 4. The molecule has 0 aromatic heterocycles. The van der Waals surface area contributed by atoms with Gasteiger partial charge in [-0.05, 0) is 40.2 Å². The van der Waals surface area contributed by atoms with Gasteiger partial charge in [-0.1, -0.05) is 0 Å². The Balaban J connectivity index is 0.000000243. The van der Waals surface area contributed by atoms with E-state index in [0.29, 0.717) is 6.54 Å². The Morgan fingerprint density at radius 1 is 1.38 bits per heavy atom. The smallest absolute Gasteiger partial charge is 0.408 e. The lowest BCUT2D eigenvalue weighted by Crippen LogP contribution is -2.51. The highest BCUT2D eigenvalue weighted by Gasteiger charge is 2.34. The molecule has 142 valence electrons. The second kappa shape index (κ2) is 9.48. The Morgan fingerprint density at radius 2 is 2.00 bits per heavy atom. The molecule has 0 aliphatic carbocycles. The average molecular weight is 350 g/mol. The number of carboxylic acid groups (broad SMARTS) is 1. The first-order chi connectivity index (χ1) is 11.2. The Bertz CT molecular complexity index is 383. The molecule has 2 saturated heterocycles. The van der Waals surface area contributed by atoms with Crippen molar-refractivity contribution in [2.45, 2.75) is 57.3 Å². The Kier molecular flexibility index (Phi) is 8.32. The zero-order chi connectivity index (χ0) is 18.3. The van der Waals surface area contributed by atoms with Crippen LogP contribution >= 0.6 is 0 Å². The summed E-state index contributed by atoms with van der Waals surface area (Å²) in [7, 11) is 0. The van der Waals surface area contributed by atoms with Gasteiger partial charge in [0.2, 0.25) is 0 Å². The van der Waals surface area contributed by atoms with Gasteiger partial charge in [0.15, 0.2) is 0 Å². The number of nitrogens with one attached hydrogen (secondary N) is 1. The van der Waals surface area contributed by atoms with E-state index in [1.807, 2.05) is 20.8 Å². The van der Waals surface area contributed by atoms with Crippen molar-refractivity contribution in [2.24, 2.45) is 5.73 Å². The zero-order valence-electron chi connectivity index (χ0n) is 15.0. The van der Waals surface area contributed by atoms with Crippen molar-refractivity contribution < 1.29 is 18.7 Å². The Labute approximate surface area is 143 Å². The van der Waals surface area contributed by atoms with Crippen molar-refractivity contribution in [3.8, 4) is 0 Å². The van der Waals surface area contributed by atoms with Crippen molar-refractivity contribution in [1.82, 2.24) is 15.1 Å². The van der Waals surface area contributed by atoms with Crippen LogP contribution in [0.3, 0.4) is 0 Å². The summed E-state index contributed by atoms with van der Waals surface area (Å²) in [6.07, 6.45) is 0.960. The van der Waals surface area contributed by atoms with Crippen molar-refractivity contribution in [1.29, 1.82) is 0 Å². The highest BCUT2D eigenvalue weighted by Crippen LogP contribution is 2.20. The van der Waals surface area contributed by atoms with E-state index in [9.17, 15) is 13.6 Å². The van der Waals surface area contributed by atoms with Crippen LogP contribution in [-0.2, 0) is 0 Å². The fraction of sp³-hybridized carbons (Fsp3) is 0.938. The fourth-order valence-corrected chi connectivity index (χ4v) is 3.23. The van der Waals surface area contributed by atoms with Crippen LogP contribution in [0.1, 0.15) is 33.6 Å². The van der Waals surface area contributed by atoms with Gasteiger partial charge in [0, 0.05) is 37.3 Å². The molecule has 24 heavy (non-hydrogen) atoms. The molecule has 1 amide bonds.